The number of aliphatic hydroxyl groups is 1. The van der Waals surface area contributed by atoms with Gasteiger partial charge in [0.25, 0.3) is 11.5 Å². The maximum Gasteiger partial charge on any atom is 0.274 e. The Labute approximate surface area is 220 Å². The minimum Gasteiger partial charge on any atom is -0.480 e. The van der Waals surface area contributed by atoms with E-state index in [1.54, 1.807) is 35.9 Å². The van der Waals surface area contributed by atoms with Crippen molar-refractivity contribution in [3.05, 3.63) is 86.7 Å². The van der Waals surface area contributed by atoms with Gasteiger partial charge in [0.15, 0.2) is 0 Å². The van der Waals surface area contributed by atoms with E-state index >= 15 is 0 Å². The van der Waals surface area contributed by atoms with Gasteiger partial charge in [-0.2, -0.15) is 0 Å². The number of hydrogen-bond donors (Lipinski definition) is 2. The summed E-state index contributed by atoms with van der Waals surface area (Å²) in [5.74, 6) is 0.424. The molecule has 0 unspecified atom stereocenters. The number of benzene rings is 1. The normalized spacial score (nSPS) is 14.9. The molecule has 0 spiro atoms. The highest BCUT2D eigenvalue weighted by molar-refractivity contribution is 6.07. The van der Waals surface area contributed by atoms with Crippen LogP contribution in [0.1, 0.15) is 51.4 Å². The fourth-order valence-corrected chi connectivity index (χ4v) is 5.93. The number of hydrogen-bond acceptors (Lipinski definition) is 5. The maximum absolute atomic E-state index is 13.7. The molecule has 196 valence electrons. The highest BCUT2D eigenvalue weighted by Gasteiger charge is 2.31. The number of fused-ring (bicyclic) bond motifs is 3. The molecule has 0 fully saturated rings. The van der Waals surface area contributed by atoms with Crippen LogP contribution in [0, 0.1) is 0 Å². The number of rotatable bonds is 6. The monoisotopic (exact) mass is 513 g/mol. The number of amides is 1. The third kappa shape index (κ3) is 4.03. The quantitative estimate of drug-likeness (QED) is 0.412. The number of anilines is 1. The smallest absolute Gasteiger partial charge is 0.274 e. The second kappa shape index (κ2) is 9.64. The first-order chi connectivity index (χ1) is 18.5. The number of aliphatic hydroxyl groups excluding tert-OH is 1. The lowest BCUT2D eigenvalue weighted by Crippen LogP contribution is -2.41. The molecule has 1 aromatic carbocycles. The number of carbonyl (C=O) groups excluding carboxylic acids is 1. The number of methoxy groups -OCH3 is 1. The largest absolute Gasteiger partial charge is 0.480 e. The molecule has 38 heavy (non-hydrogen) atoms. The Morgan fingerprint density at radius 3 is 2.74 bits per heavy atom. The summed E-state index contributed by atoms with van der Waals surface area (Å²) >= 11 is 0. The van der Waals surface area contributed by atoms with E-state index in [1.807, 2.05) is 24.3 Å². The number of carbonyl (C=O) groups is 1. The molecule has 0 radical (unpaired) electrons. The first kappa shape index (κ1) is 24.2. The van der Waals surface area contributed by atoms with Gasteiger partial charge in [0, 0.05) is 61.3 Å². The molecule has 4 heterocycles. The molecule has 0 saturated carbocycles. The van der Waals surface area contributed by atoms with Crippen LogP contribution in [-0.2, 0) is 39.5 Å². The second-order valence-electron chi connectivity index (χ2n) is 10.1. The average molecular weight is 514 g/mol. The number of aromatic amines is 1. The van der Waals surface area contributed by atoms with Crippen LogP contribution < -0.4 is 15.2 Å². The van der Waals surface area contributed by atoms with Crippen LogP contribution >= 0.6 is 0 Å². The summed E-state index contributed by atoms with van der Waals surface area (Å²) in [5, 5.41) is 17.5. The lowest BCUT2D eigenvalue weighted by molar-refractivity contribution is 0.0964. The van der Waals surface area contributed by atoms with Gasteiger partial charge in [0.1, 0.15) is 5.69 Å². The number of aromatic nitrogens is 4. The van der Waals surface area contributed by atoms with E-state index in [4.69, 9.17) is 4.74 Å². The predicted molar refractivity (Wildman–Crippen MR) is 144 cm³/mol. The summed E-state index contributed by atoms with van der Waals surface area (Å²) in [7, 11) is 3.26. The Morgan fingerprint density at radius 2 is 1.95 bits per heavy atom. The van der Waals surface area contributed by atoms with Crippen molar-refractivity contribution in [2.24, 2.45) is 7.05 Å². The Hall–Kier alpha value is -4.11. The minimum absolute atomic E-state index is 0.0353. The fraction of sp³-hybridized carbons (Fsp3) is 0.345. The van der Waals surface area contributed by atoms with E-state index in [2.05, 4.69) is 20.8 Å². The highest BCUT2D eigenvalue weighted by atomic mass is 16.5. The summed E-state index contributed by atoms with van der Waals surface area (Å²) < 4.78 is 8.89. The van der Waals surface area contributed by atoms with Gasteiger partial charge in [-0.25, -0.2) is 0 Å². The molecule has 2 N–H and O–H groups in total. The van der Waals surface area contributed by atoms with Crippen molar-refractivity contribution in [3.63, 3.8) is 0 Å². The van der Waals surface area contributed by atoms with Crippen molar-refractivity contribution in [1.82, 2.24) is 19.3 Å². The molecule has 2 aliphatic rings. The molecular weight excluding hydrogens is 482 g/mol. The van der Waals surface area contributed by atoms with Crippen molar-refractivity contribution in [2.45, 2.75) is 45.3 Å². The van der Waals surface area contributed by atoms with Gasteiger partial charge in [0.2, 0.25) is 5.88 Å². The summed E-state index contributed by atoms with van der Waals surface area (Å²) in [4.78, 5) is 28.4. The molecule has 0 bridgehead atoms. The molecule has 0 atom stereocenters. The van der Waals surface area contributed by atoms with Crippen LogP contribution in [0.4, 0.5) is 5.69 Å². The first-order valence-electron chi connectivity index (χ1n) is 13.0. The van der Waals surface area contributed by atoms with Gasteiger partial charge >= 0.3 is 0 Å². The van der Waals surface area contributed by atoms with Crippen LogP contribution in [-0.4, -0.2) is 44.0 Å². The third-order valence-corrected chi connectivity index (χ3v) is 7.79. The van der Waals surface area contributed by atoms with E-state index in [0.29, 0.717) is 35.7 Å². The first-order valence-corrected chi connectivity index (χ1v) is 13.0. The third-order valence-electron chi connectivity index (χ3n) is 7.79. The molecule has 4 aromatic rings. The molecule has 1 aliphatic carbocycles. The summed E-state index contributed by atoms with van der Waals surface area (Å²) in [6.07, 6.45) is 6.52. The van der Waals surface area contributed by atoms with Crippen LogP contribution in [0.3, 0.4) is 0 Å². The predicted octanol–water partition coefficient (Wildman–Crippen LogP) is 3.21. The molecule has 9 nitrogen and oxygen atoms in total. The van der Waals surface area contributed by atoms with Gasteiger partial charge in [0.05, 0.1) is 19.4 Å². The average Bonchev–Trinajstić information content (AvgIpc) is 3.55. The number of ether oxygens (including phenoxy) is 1. The zero-order valence-electron chi connectivity index (χ0n) is 21.7. The van der Waals surface area contributed by atoms with E-state index in [1.165, 1.54) is 24.1 Å². The SMILES string of the molecule is COc1cc(Cc2cc(-c3cccc(N4CCn5c(cc6c5CCCC6)C4=O)c3CO)cn(C)c2=O)[nH]n1. The Balaban J connectivity index is 1.38. The van der Waals surface area contributed by atoms with Gasteiger partial charge in [-0.3, -0.25) is 14.7 Å². The highest BCUT2D eigenvalue weighted by Crippen LogP contribution is 2.35. The van der Waals surface area contributed by atoms with Gasteiger partial charge < -0.3 is 23.9 Å². The Kier molecular flexibility index (Phi) is 6.15. The van der Waals surface area contributed by atoms with E-state index in [0.717, 1.165) is 41.9 Å². The number of aryl methyl sites for hydroxylation is 2. The molecule has 6 rings (SSSR count). The number of pyridine rings is 1. The van der Waals surface area contributed by atoms with Gasteiger partial charge in [-0.15, -0.1) is 5.10 Å². The maximum atomic E-state index is 13.7. The van der Waals surface area contributed by atoms with Crippen LogP contribution in [0.2, 0.25) is 0 Å². The molecule has 1 amide bonds. The zero-order chi connectivity index (χ0) is 26.4. The number of nitrogens with one attached hydrogen (secondary N) is 1. The molecule has 0 saturated heterocycles. The van der Waals surface area contributed by atoms with Gasteiger partial charge in [-0.1, -0.05) is 12.1 Å². The number of H-pyrrole nitrogens is 1. The summed E-state index contributed by atoms with van der Waals surface area (Å²) in [6.45, 7) is 1.05. The topological polar surface area (TPSA) is 105 Å². The standard InChI is InChI=1S/C29H31N5O4/c1-32-16-20(12-19(28(32)36)13-21-15-27(38-2)31-30-21)22-7-5-9-25(23(22)17-35)34-11-10-33-24-8-4-3-6-18(24)14-26(33)29(34)37/h5,7,9,12,14-16,35H,3-4,6,8,10-11,13,17H2,1-2H3,(H,30,31). The van der Waals surface area contributed by atoms with Crippen molar-refractivity contribution in [2.75, 3.05) is 18.6 Å². The van der Waals surface area contributed by atoms with Crippen LogP contribution in [0.5, 0.6) is 5.88 Å². The van der Waals surface area contributed by atoms with E-state index < -0.39 is 0 Å². The van der Waals surface area contributed by atoms with Crippen LogP contribution in [0.15, 0.2) is 47.4 Å². The second-order valence-corrected chi connectivity index (χ2v) is 10.1. The van der Waals surface area contributed by atoms with E-state index in [-0.39, 0.29) is 18.1 Å². The lowest BCUT2D eigenvalue weighted by Gasteiger charge is -2.31. The Morgan fingerprint density at radius 1 is 1.11 bits per heavy atom. The van der Waals surface area contributed by atoms with Crippen molar-refractivity contribution in [3.8, 4) is 17.0 Å². The van der Waals surface area contributed by atoms with Crippen molar-refractivity contribution >= 4 is 11.6 Å². The van der Waals surface area contributed by atoms with Crippen LogP contribution in [0.25, 0.3) is 11.1 Å². The summed E-state index contributed by atoms with van der Waals surface area (Å²) in [5.41, 5.74) is 7.53. The van der Waals surface area contributed by atoms with E-state index in [9.17, 15) is 14.7 Å². The molecule has 1 aliphatic heterocycles. The molecule has 9 heteroatoms. The molecule has 3 aromatic heterocycles. The fourth-order valence-electron chi connectivity index (χ4n) is 5.93. The van der Waals surface area contributed by atoms with Crippen molar-refractivity contribution < 1.29 is 14.6 Å². The van der Waals surface area contributed by atoms with Crippen molar-refractivity contribution in [1.29, 1.82) is 0 Å². The molecular formula is C29H31N5O4. The lowest BCUT2D eigenvalue weighted by atomic mass is 9.97. The Bertz CT molecular complexity index is 1590. The number of nitrogens with zero attached hydrogens (tertiary/aromatic N) is 4. The zero-order valence-corrected chi connectivity index (χ0v) is 21.7. The van der Waals surface area contributed by atoms with Gasteiger partial charge in [-0.05, 0) is 60.6 Å². The summed E-state index contributed by atoms with van der Waals surface area (Å²) in [6, 6.07) is 11.4. The minimum atomic E-state index is -0.233.